The molecule has 5 N–H and O–H groups in total. The van der Waals surface area contributed by atoms with Crippen LogP contribution in [0.25, 0.3) is 0 Å². The molecule has 32 heavy (non-hydrogen) atoms. The number of carbonyl (C=O) groups excluding carboxylic acids is 1. The summed E-state index contributed by atoms with van der Waals surface area (Å²) in [6, 6.07) is -1.20. The van der Waals surface area contributed by atoms with E-state index in [-0.39, 0.29) is 44.8 Å². The monoisotopic (exact) mass is 463 g/mol. The molecule has 0 heterocycles. The van der Waals surface area contributed by atoms with Gasteiger partial charge in [0.2, 0.25) is 0 Å². The summed E-state index contributed by atoms with van der Waals surface area (Å²) in [6.07, 6.45) is -0.143. The maximum atomic E-state index is 11.8. The Morgan fingerprint density at radius 1 is 0.625 bits per heavy atom. The Bertz CT molecular complexity index is 626. The molecule has 14 nitrogen and oxygen atoms in total. The van der Waals surface area contributed by atoms with Gasteiger partial charge in [0, 0.05) is 32.6 Å². The highest BCUT2D eigenvalue weighted by Crippen LogP contribution is 2.10. The van der Waals surface area contributed by atoms with E-state index >= 15 is 0 Å². The minimum absolute atomic E-state index is 0.0601. The van der Waals surface area contributed by atoms with Crippen LogP contribution in [0, 0.1) is 0 Å². The molecule has 0 unspecified atom stereocenters. The number of carboxylic acid groups (broad SMARTS) is 5. The summed E-state index contributed by atoms with van der Waals surface area (Å²) in [6.45, 7) is -1.62. The van der Waals surface area contributed by atoms with E-state index in [1.807, 2.05) is 0 Å². The van der Waals surface area contributed by atoms with Crippen molar-refractivity contribution >= 4 is 35.6 Å². The Hall–Kier alpha value is -3.10. The highest BCUT2D eigenvalue weighted by atomic mass is 16.4. The van der Waals surface area contributed by atoms with E-state index in [1.165, 1.54) is 11.8 Å². The fourth-order valence-electron chi connectivity index (χ4n) is 2.96. The molecular formula is C18H29N3O11. The van der Waals surface area contributed by atoms with Crippen LogP contribution < -0.4 is 0 Å². The number of Topliss-reactive ketones (excluding diaryl/α,β-unsaturated/α-hetero) is 1. The van der Waals surface area contributed by atoms with E-state index in [1.54, 1.807) is 0 Å². The number of ketones is 1. The Kier molecular flexibility index (Phi) is 13.4. The zero-order valence-electron chi connectivity index (χ0n) is 17.7. The Morgan fingerprint density at radius 3 is 1.22 bits per heavy atom. The van der Waals surface area contributed by atoms with E-state index < -0.39 is 62.1 Å². The fourth-order valence-corrected chi connectivity index (χ4v) is 2.96. The van der Waals surface area contributed by atoms with Gasteiger partial charge in [-0.05, 0) is 13.3 Å². The third kappa shape index (κ3) is 14.0. The van der Waals surface area contributed by atoms with Gasteiger partial charge in [-0.1, -0.05) is 0 Å². The van der Waals surface area contributed by atoms with Gasteiger partial charge in [-0.25, -0.2) is 0 Å². The molecule has 0 saturated heterocycles. The van der Waals surface area contributed by atoms with Gasteiger partial charge in [0.1, 0.15) is 11.8 Å². The second-order valence-corrected chi connectivity index (χ2v) is 7.13. The Labute approximate surface area is 183 Å². The lowest BCUT2D eigenvalue weighted by Gasteiger charge is -2.32. The highest BCUT2D eigenvalue weighted by molar-refractivity contribution is 5.78. The predicted molar refractivity (Wildman–Crippen MR) is 106 cm³/mol. The molecule has 0 spiro atoms. The summed E-state index contributed by atoms with van der Waals surface area (Å²) in [7, 11) is 0. The van der Waals surface area contributed by atoms with Gasteiger partial charge in [0.25, 0.3) is 0 Å². The topological polar surface area (TPSA) is 213 Å². The molecule has 1 atom stereocenters. The summed E-state index contributed by atoms with van der Waals surface area (Å²) >= 11 is 0. The van der Waals surface area contributed by atoms with E-state index in [0.717, 1.165) is 9.80 Å². The summed E-state index contributed by atoms with van der Waals surface area (Å²) in [5, 5.41) is 45.4. The molecule has 0 saturated carbocycles. The van der Waals surface area contributed by atoms with E-state index in [4.69, 9.17) is 20.4 Å². The van der Waals surface area contributed by atoms with Crippen LogP contribution in [0.1, 0.15) is 19.8 Å². The highest BCUT2D eigenvalue weighted by Gasteiger charge is 2.27. The summed E-state index contributed by atoms with van der Waals surface area (Å²) in [4.78, 5) is 70.5. The van der Waals surface area contributed by atoms with Crippen molar-refractivity contribution in [3.8, 4) is 0 Å². The van der Waals surface area contributed by atoms with Crippen molar-refractivity contribution in [2.24, 2.45) is 0 Å². The molecule has 0 fully saturated rings. The molecule has 0 aromatic carbocycles. The fraction of sp³-hybridized carbons (Fsp3) is 0.667. The lowest BCUT2D eigenvalue weighted by Crippen LogP contribution is -2.50. The minimum atomic E-state index is -1.28. The lowest BCUT2D eigenvalue weighted by atomic mass is 10.1. The number of aliphatic carboxylic acids is 5. The van der Waals surface area contributed by atoms with Crippen molar-refractivity contribution < 1.29 is 54.3 Å². The molecule has 0 radical (unpaired) electrons. The van der Waals surface area contributed by atoms with Crippen molar-refractivity contribution in [1.29, 1.82) is 0 Å². The molecule has 182 valence electrons. The molecule has 0 bridgehead atoms. The SMILES string of the molecule is CC(=O)CC[C@@H](C(=O)O)N(CCN(CC(=O)O)CC(=O)O)CCN(CC(=O)O)CC(=O)O. The van der Waals surface area contributed by atoms with Crippen LogP contribution in [-0.2, 0) is 28.8 Å². The van der Waals surface area contributed by atoms with Crippen LogP contribution in [-0.4, -0.2) is 134 Å². The van der Waals surface area contributed by atoms with Crippen molar-refractivity contribution in [1.82, 2.24) is 14.7 Å². The first kappa shape index (κ1) is 28.9. The van der Waals surface area contributed by atoms with Crippen molar-refractivity contribution in [3.63, 3.8) is 0 Å². The number of rotatable bonds is 19. The van der Waals surface area contributed by atoms with Gasteiger partial charge in [-0.15, -0.1) is 0 Å². The normalized spacial score (nSPS) is 12.1. The lowest BCUT2D eigenvalue weighted by molar-refractivity contribution is -0.146. The van der Waals surface area contributed by atoms with Crippen molar-refractivity contribution in [3.05, 3.63) is 0 Å². The second-order valence-electron chi connectivity index (χ2n) is 7.13. The van der Waals surface area contributed by atoms with E-state index in [0.29, 0.717) is 0 Å². The van der Waals surface area contributed by atoms with Crippen molar-refractivity contribution in [2.45, 2.75) is 25.8 Å². The molecule has 0 aliphatic heterocycles. The zero-order valence-corrected chi connectivity index (χ0v) is 17.7. The standard InChI is InChI=1S/C18H29N3O11/c1-12(22)2-3-13(18(31)32)21(6-4-19(8-14(23)24)9-15(25)26)7-5-20(10-16(27)28)11-17(29)30/h13H,2-11H2,1H3,(H,23,24)(H,25,26)(H,27,28)(H,29,30)(H,31,32)/t13-/m0/s1. The van der Waals surface area contributed by atoms with Crippen LogP contribution in [0.15, 0.2) is 0 Å². The van der Waals surface area contributed by atoms with Crippen LogP contribution in [0.2, 0.25) is 0 Å². The molecular weight excluding hydrogens is 434 g/mol. The first-order valence-electron chi connectivity index (χ1n) is 9.60. The zero-order chi connectivity index (χ0) is 24.8. The molecule has 0 aromatic rings. The Morgan fingerprint density at radius 2 is 0.969 bits per heavy atom. The molecule has 0 rings (SSSR count). The van der Waals surface area contributed by atoms with Gasteiger partial charge in [0.05, 0.1) is 26.2 Å². The van der Waals surface area contributed by atoms with Gasteiger partial charge in [-0.2, -0.15) is 0 Å². The smallest absolute Gasteiger partial charge is 0.320 e. The maximum Gasteiger partial charge on any atom is 0.320 e. The largest absolute Gasteiger partial charge is 0.480 e. The molecule has 0 aliphatic rings. The molecule has 0 aliphatic carbocycles. The third-order valence-electron chi connectivity index (χ3n) is 4.34. The Balaban J connectivity index is 5.53. The summed E-state index contributed by atoms with van der Waals surface area (Å²) < 4.78 is 0. The molecule has 0 aromatic heterocycles. The third-order valence-corrected chi connectivity index (χ3v) is 4.34. The van der Waals surface area contributed by atoms with E-state index in [2.05, 4.69) is 0 Å². The summed E-state index contributed by atoms with van der Waals surface area (Å²) in [5.74, 6) is -6.65. The van der Waals surface area contributed by atoms with Crippen molar-refractivity contribution in [2.75, 3.05) is 52.4 Å². The quantitative estimate of drug-likeness (QED) is 0.141. The molecule has 0 amide bonds. The van der Waals surface area contributed by atoms with Crippen LogP contribution in [0.5, 0.6) is 0 Å². The van der Waals surface area contributed by atoms with Gasteiger partial charge in [-0.3, -0.25) is 38.7 Å². The molecule has 14 heteroatoms. The summed E-state index contributed by atoms with van der Waals surface area (Å²) in [5.41, 5.74) is 0. The van der Waals surface area contributed by atoms with Gasteiger partial charge >= 0.3 is 29.8 Å². The first-order valence-corrected chi connectivity index (χ1v) is 9.60. The number of hydrogen-bond acceptors (Lipinski definition) is 9. The maximum absolute atomic E-state index is 11.8. The first-order chi connectivity index (χ1) is 14.8. The number of carboxylic acids is 5. The van der Waals surface area contributed by atoms with Gasteiger partial charge < -0.3 is 30.3 Å². The average molecular weight is 463 g/mol. The minimum Gasteiger partial charge on any atom is -0.480 e. The number of hydrogen-bond donors (Lipinski definition) is 5. The predicted octanol–water partition coefficient (Wildman–Crippen LogP) is -1.95. The van der Waals surface area contributed by atoms with E-state index in [9.17, 15) is 33.9 Å². The van der Waals surface area contributed by atoms with Crippen LogP contribution in [0.3, 0.4) is 0 Å². The second kappa shape index (κ2) is 14.8. The van der Waals surface area contributed by atoms with Crippen LogP contribution in [0.4, 0.5) is 0 Å². The van der Waals surface area contributed by atoms with Gasteiger partial charge in [0.15, 0.2) is 0 Å². The van der Waals surface area contributed by atoms with Crippen LogP contribution >= 0.6 is 0 Å². The number of nitrogens with zero attached hydrogens (tertiary/aromatic N) is 3. The number of carbonyl (C=O) groups is 6. The average Bonchev–Trinajstić information content (AvgIpc) is 2.60.